The zero-order valence-corrected chi connectivity index (χ0v) is 11.4. The summed E-state index contributed by atoms with van der Waals surface area (Å²) in [6, 6.07) is 8.07. The largest absolute Gasteiger partial charge is 0.387 e. The van der Waals surface area contributed by atoms with Gasteiger partial charge in [-0.25, -0.2) is 0 Å². The number of aromatic nitrogens is 1. The minimum atomic E-state index is 0.0736. The van der Waals surface area contributed by atoms with Crippen molar-refractivity contribution >= 4 is 11.6 Å². The Bertz CT molecular complexity index is 657. The average molecular weight is 255 g/mol. The highest BCUT2D eigenvalue weighted by Crippen LogP contribution is 2.29. The lowest BCUT2D eigenvalue weighted by Gasteiger charge is -2.15. The molecule has 19 heavy (non-hydrogen) atoms. The van der Waals surface area contributed by atoms with Crippen LogP contribution in [0.3, 0.4) is 0 Å². The van der Waals surface area contributed by atoms with Crippen LogP contribution in [-0.2, 0) is 6.54 Å². The van der Waals surface area contributed by atoms with Crippen LogP contribution in [0.5, 0.6) is 0 Å². The number of hydrogen-bond donors (Lipinski definition) is 1. The van der Waals surface area contributed by atoms with Gasteiger partial charge in [0.1, 0.15) is 0 Å². The molecule has 4 heteroatoms. The number of amides is 1. The summed E-state index contributed by atoms with van der Waals surface area (Å²) < 4.78 is 2.10. The first-order chi connectivity index (χ1) is 9.11. The number of carbonyl (C=O) groups is 1. The molecule has 1 aromatic carbocycles. The molecule has 0 bridgehead atoms. The highest BCUT2D eigenvalue weighted by Gasteiger charge is 2.24. The zero-order chi connectivity index (χ0) is 13.6. The molecule has 2 aromatic rings. The summed E-state index contributed by atoms with van der Waals surface area (Å²) in [5.41, 5.74) is 5.00. The van der Waals surface area contributed by atoms with Gasteiger partial charge in [-0.2, -0.15) is 0 Å². The van der Waals surface area contributed by atoms with Gasteiger partial charge in [0.15, 0.2) is 0 Å². The summed E-state index contributed by atoms with van der Waals surface area (Å²) in [6.07, 6.45) is 2.02. The van der Waals surface area contributed by atoms with Gasteiger partial charge in [-0.1, -0.05) is 11.6 Å². The Labute approximate surface area is 112 Å². The zero-order valence-electron chi connectivity index (χ0n) is 11.4. The van der Waals surface area contributed by atoms with Gasteiger partial charge >= 0.3 is 0 Å². The van der Waals surface area contributed by atoms with Crippen LogP contribution < -0.4 is 5.32 Å². The minimum Gasteiger partial charge on any atom is -0.387 e. The summed E-state index contributed by atoms with van der Waals surface area (Å²) >= 11 is 0. The molecule has 98 valence electrons. The number of rotatable bonds is 1. The van der Waals surface area contributed by atoms with Gasteiger partial charge in [-0.3, -0.25) is 4.79 Å². The van der Waals surface area contributed by atoms with Crippen LogP contribution in [0.4, 0.5) is 5.69 Å². The third kappa shape index (κ3) is 1.71. The molecule has 0 atom stereocenters. The van der Waals surface area contributed by atoms with E-state index in [1.165, 1.54) is 0 Å². The van der Waals surface area contributed by atoms with Crippen molar-refractivity contribution in [2.45, 2.75) is 13.5 Å². The Morgan fingerprint density at radius 2 is 2.05 bits per heavy atom. The smallest absolute Gasteiger partial charge is 0.256 e. The number of aryl methyl sites for hydroxylation is 1. The predicted molar refractivity (Wildman–Crippen MR) is 75.9 cm³/mol. The van der Waals surface area contributed by atoms with E-state index in [0.29, 0.717) is 6.54 Å². The summed E-state index contributed by atoms with van der Waals surface area (Å²) in [7, 11) is 3.75. The van der Waals surface area contributed by atoms with E-state index in [0.717, 1.165) is 28.2 Å². The Balaban J connectivity index is 2.30. The number of benzene rings is 1. The predicted octanol–water partition coefficient (Wildman–Crippen LogP) is 2.41. The molecule has 0 saturated carbocycles. The van der Waals surface area contributed by atoms with Crippen molar-refractivity contribution in [1.29, 1.82) is 0 Å². The highest BCUT2D eigenvalue weighted by molar-refractivity contribution is 5.98. The van der Waals surface area contributed by atoms with Gasteiger partial charge in [0, 0.05) is 20.3 Å². The van der Waals surface area contributed by atoms with Crippen LogP contribution >= 0.6 is 0 Å². The van der Waals surface area contributed by atoms with Gasteiger partial charge in [0.2, 0.25) is 0 Å². The van der Waals surface area contributed by atoms with Crippen LogP contribution in [-0.4, -0.2) is 29.5 Å². The van der Waals surface area contributed by atoms with E-state index >= 15 is 0 Å². The molecule has 3 rings (SSSR count). The van der Waals surface area contributed by atoms with E-state index in [2.05, 4.69) is 9.88 Å². The van der Waals surface area contributed by atoms with Crippen LogP contribution in [0, 0.1) is 6.92 Å². The lowest BCUT2D eigenvalue weighted by molar-refractivity contribution is 0.0788. The summed E-state index contributed by atoms with van der Waals surface area (Å²) in [5, 5.41) is 3.18. The number of anilines is 1. The maximum absolute atomic E-state index is 12.4. The van der Waals surface area contributed by atoms with Crippen molar-refractivity contribution < 1.29 is 4.79 Å². The van der Waals surface area contributed by atoms with Crippen molar-refractivity contribution in [3.8, 4) is 5.69 Å². The second-order valence-corrected chi connectivity index (χ2v) is 4.98. The summed E-state index contributed by atoms with van der Waals surface area (Å²) in [5.74, 6) is 0.0736. The van der Waals surface area contributed by atoms with E-state index in [-0.39, 0.29) is 5.91 Å². The Kier molecular flexibility index (Phi) is 2.59. The van der Waals surface area contributed by atoms with E-state index < -0.39 is 0 Å². The second-order valence-electron chi connectivity index (χ2n) is 4.98. The number of nitrogens with zero attached hydrogens (tertiary/aromatic N) is 2. The van der Waals surface area contributed by atoms with Crippen molar-refractivity contribution in [1.82, 2.24) is 9.47 Å². The first-order valence-electron chi connectivity index (χ1n) is 6.36. The minimum absolute atomic E-state index is 0.0736. The first kappa shape index (κ1) is 11.8. The SMILES string of the molecule is CNc1ccn2c1CN(C)C(=O)c1cc(C)ccc1-2. The molecule has 1 aliphatic heterocycles. The summed E-state index contributed by atoms with van der Waals surface area (Å²) in [4.78, 5) is 14.2. The molecule has 1 aliphatic rings. The fraction of sp³-hybridized carbons (Fsp3) is 0.267. The first-order valence-corrected chi connectivity index (χ1v) is 6.36. The fourth-order valence-corrected chi connectivity index (χ4v) is 2.61. The normalized spacial score (nSPS) is 13.8. The van der Waals surface area contributed by atoms with Crippen LogP contribution in [0.25, 0.3) is 5.69 Å². The maximum atomic E-state index is 12.4. The number of hydrogen-bond acceptors (Lipinski definition) is 2. The molecule has 1 aromatic heterocycles. The molecular weight excluding hydrogens is 238 g/mol. The van der Waals surface area contributed by atoms with Crippen LogP contribution in [0.1, 0.15) is 21.6 Å². The van der Waals surface area contributed by atoms with Gasteiger partial charge in [-0.05, 0) is 25.1 Å². The highest BCUT2D eigenvalue weighted by atomic mass is 16.2. The quantitative estimate of drug-likeness (QED) is 0.849. The van der Waals surface area contributed by atoms with Crippen molar-refractivity contribution in [3.63, 3.8) is 0 Å². The van der Waals surface area contributed by atoms with Crippen molar-refractivity contribution in [2.24, 2.45) is 0 Å². The molecule has 4 nitrogen and oxygen atoms in total. The van der Waals surface area contributed by atoms with Crippen molar-refractivity contribution in [2.75, 3.05) is 19.4 Å². The van der Waals surface area contributed by atoms with E-state index in [1.54, 1.807) is 4.90 Å². The van der Waals surface area contributed by atoms with Gasteiger partial charge < -0.3 is 14.8 Å². The van der Waals surface area contributed by atoms with E-state index in [9.17, 15) is 4.79 Å². The molecule has 0 aliphatic carbocycles. The molecule has 0 radical (unpaired) electrons. The molecular formula is C15H17N3O. The number of carbonyl (C=O) groups excluding carboxylic acids is 1. The topological polar surface area (TPSA) is 37.3 Å². The second kappa shape index (κ2) is 4.16. The monoisotopic (exact) mass is 255 g/mol. The fourth-order valence-electron chi connectivity index (χ4n) is 2.61. The van der Waals surface area contributed by atoms with Gasteiger partial charge in [0.05, 0.1) is 29.2 Å². The van der Waals surface area contributed by atoms with Gasteiger partial charge in [-0.15, -0.1) is 0 Å². The molecule has 0 fully saturated rings. The van der Waals surface area contributed by atoms with E-state index in [1.807, 2.05) is 51.5 Å². The molecule has 1 amide bonds. The lowest BCUT2D eigenvalue weighted by atomic mass is 10.1. The lowest BCUT2D eigenvalue weighted by Crippen LogP contribution is -2.25. The van der Waals surface area contributed by atoms with Crippen molar-refractivity contribution in [3.05, 3.63) is 47.3 Å². The maximum Gasteiger partial charge on any atom is 0.256 e. The third-order valence-corrected chi connectivity index (χ3v) is 3.64. The van der Waals surface area contributed by atoms with Crippen LogP contribution in [0.2, 0.25) is 0 Å². The molecule has 0 unspecified atom stereocenters. The molecule has 0 spiro atoms. The standard InChI is InChI=1S/C15H17N3O/c1-10-4-5-13-11(8-10)15(19)17(3)9-14-12(16-2)6-7-18(13)14/h4-8,16H,9H2,1-3H3. The average Bonchev–Trinajstić information content (AvgIpc) is 2.76. The van der Waals surface area contributed by atoms with Gasteiger partial charge in [0.25, 0.3) is 5.91 Å². The number of fused-ring (bicyclic) bond motifs is 3. The Hall–Kier alpha value is -2.23. The Morgan fingerprint density at radius 1 is 1.26 bits per heavy atom. The summed E-state index contributed by atoms with van der Waals surface area (Å²) in [6.45, 7) is 2.61. The Morgan fingerprint density at radius 3 is 2.79 bits per heavy atom. The van der Waals surface area contributed by atoms with E-state index in [4.69, 9.17) is 0 Å². The molecule has 0 saturated heterocycles. The molecule has 2 heterocycles. The number of nitrogens with one attached hydrogen (secondary N) is 1. The third-order valence-electron chi connectivity index (χ3n) is 3.64. The molecule has 1 N–H and O–H groups in total. The van der Waals surface area contributed by atoms with Crippen LogP contribution in [0.15, 0.2) is 30.5 Å².